The van der Waals surface area contributed by atoms with Gasteiger partial charge in [0.15, 0.2) is 5.78 Å². The number of nitrogens with one attached hydrogen (secondary N) is 2. The molecule has 5 nitrogen and oxygen atoms in total. The zero-order chi connectivity index (χ0) is 18.0. The predicted octanol–water partition coefficient (Wildman–Crippen LogP) is 2.87. The van der Waals surface area contributed by atoms with Gasteiger partial charge >= 0.3 is 0 Å². The first-order valence-electron chi connectivity index (χ1n) is 8.72. The van der Waals surface area contributed by atoms with Crippen LogP contribution in [0.1, 0.15) is 56.6 Å². The monoisotopic (exact) mass is 339 g/mol. The molecule has 0 unspecified atom stereocenters. The third-order valence-electron chi connectivity index (χ3n) is 4.72. The van der Waals surface area contributed by atoms with Crippen molar-refractivity contribution in [2.45, 2.75) is 32.2 Å². The van der Waals surface area contributed by atoms with E-state index in [-0.39, 0.29) is 17.7 Å². The minimum atomic E-state index is -0.157. The molecule has 1 aliphatic carbocycles. The van der Waals surface area contributed by atoms with Gasteiger partial charge in [0.05, 0.1) is 6.04 Å². The number of aryl methyl sites for hydroxylation is 1. The number of hydrogen-bond acceptors (Lipinski definition) is 3. The van der Waals surface area contributed by atoms with Gasteiger partial charge in [-0.2, -0.15) is 0 Å². The molecule has 25 heavy (non-hydrogen) atoms. The van der Waals surface area contributed by atoms with E-state index in [1.807, 2.05) is 56.3 Å². The number of fused-ring (bicyclic) bond motifs is 1. The number of carbonyl (C=O) groups excluding carboxylic acids is 2. The first-order chi connectivity index (χ1) is 12.0. The molecule has 0 fully saturated rings. The molecule has 1 aliphatic rings. The molecule has 0 radical (unpaired) electrons. The van der Waals surface area contributed by atoms with E-state index in [2.05, 4.69) is 10.3 Å². The molecule has 0 spiro atoms. The normalized spacial score (nSPS) is 15.1. The average Bonchev–Trinajstić information content (AvgIpc) is 2.93. The summed E-state index contributed by atoms with van der Waals surface area (Å²) in [6, 6.07) is 9.84. The van der Waals surface area contributed by atoms with Crippen LogP contribution < -0.4 is 5.32 Å². The molecule has 0 saturated heterocycles. The average molecular weight is 339 g/mol. The molecule has 1 amide bonds. The van der Waals surface area contributed by atoms with E-state index in [1.165, 1.54) is 0 Å². The number of nitrogens with zero attached hydrogens (tertiary/aromatic N) is 1. The van der Waals surface area contributed by atoms with E-state index in [0.29, 0.717) is 18.7 Å². The lowest BCUT2D eigenvalue weighted by Gasteiger charge is -2.22. The molecule has 5 heteroatoms. The lowest BCUT2D eigenvalue weighted by Crippen LogP contribution is -2.35. The molecule has 132 valence electrons. The Hall–Kier alpha value is -2.40. The van der Waals surface area contributed by atoms with Gasteiger partial charge in [0.2, 0.25) is 0 Å². The van der Waals surface area contributed by atoms with Crippen LogP contribution in [0.25, 0.3) is 0 Å². The number of aromatic amines is 1. The maximum Gasteiger partial charge on any atom is 0.268 e. The highest BCUT2D eigenvalue weighted by atomic mass is 16.2. The summed E-state index contributed by atoms with van der Waals surface area (Å²) in [4.78, 5) is 30.3. The van der Waals surface area contributed by atoms with Gasteiger partial charge in [-0.15, -0.1) is 0 Å². The Morgan fingerprint density at radius 3 is 2.60 bits per heavy atom. The van der Waals surface area contributed by atoms with Crippen LogP contribution in [0.2, 0.25) is 0 Å². The molecular weight excluding hydrogens is 314 g/mol. The highest BCUT2D eigenvalue weighted by Gasteiger charge is 2.27. The Balaban J connectivity index is 1.86. The number of H-pyrrole nitrogens is 1. The molecule has 0 saturated carbocycles. The van der Waals surface area contributed by atoms with Crippen LogP contribution in [0.5, 0.6) is 0 Å². The number of benzene rings is 1. The summed E-state index contributed by atoms with van der Waals surface area (Å²) in [5.41, 5.74) is 3.98. The quantitative estimate of drug-likeness (QED) is 0.880. The standard InChI is InChI=1S/C20H25N3O2/c1-13-18-15(10-7-11-17(18)24)21-19(13)20(25)22-16(12-23(2)3)14-8-5-4-6-9-14/h4-6,8-9,16,21H,7,10-12H2,1-3H3,(H,22,25)/t16-/m0/s1. The van der Waals surface area contributed by atoms with Crippen molar-refractivity contribution >= 4 is 11.7 Å². The lowest BCUT2D eigenvalue weighted by molar-refractivity contribution is 0.0924. The number of aromatic nitrogens is 1. The van der Waals surface area contributed by atoms with Crippen LogP contribution in [0, 0.1) is 6.92 Å². The fourth-order valence-electron chi connectivity index (χ4n) is 3.52. The maximum absolute atomic E-state index is 12.9. The van der Waals surface area contributed by atoms with Crippen LogP contribution in [0.15, 0.2) is 30.3 Å². The van der Waals surface area contributed by atoms with Gasteiger partial charge in [0, 0.05) is 24.2 Å². The maximum atomic E-state index is 12.9. The summed E-state index contributed by atoms with van der Waals surface area (Å²) in [5.74, 6) is -0.0163. The van der Waals surface area contributed by atoms with Crippen molar-refractivity contribution in [1.82, 2.24) is 15.2 Å². The van der Waals surface area contributed by atoms with Crippen LogP contribution in [0.4, 0.5) is 0 Å². The van der Waals surface area contributed by atoms with Crippen molar-refractivity contribution < 1.29 is 9.59 Å². The number of amides is 1. The van der Waals surface area contributed by atoms with Gasteiger partial charge in [-0.1, -0.05) is 30.3 Å². The van der Waals surface area contributed by atoms with E-state index in [0.717, 1.165) is 35.2 Å². The predicted molar refractivity (Wildman–Crippen MR) is 98.0 cm³/mol. The first kappa shape index (κ1) is 17.4. The molecule has 0 aliphatic heterocycles. The van der Waals surface area contributed by atoms with Crippen molar-refractivity contribution in [1.29, 1.82) is 0 Å². The second-order valence-corrected chi connectivity index (χ2v) is 6.95. The Labute approximate surface area is 148 Å². The third kappa shape index (κ3) is 3.66. The molecule has 2 aromatic rings. The topological polar surface area (TPSA) is 65.2 Å². The summed E-state index contributed by atoms with van der Waals surface area (Å²) in [5, 5.41) is 3.12. The zero-order valence-electron chi connectivity index (χ0n) is 15.1. The highest BCUT2D eigenvalue weighted by Crippen LogP contribution is 2.27. The number of rotatable bonds is 5. The second-order valence-electron chi connectivity index (χ2n) is 6.95. The molecule has 0 bridgehead atoms. The molecule has 3 rings (SSSR count). The van der Waals surface area contributed by atoms with Gasteiger partial charge in [-0.25, -0.2) is 0 Å². The first-order valence-corrected chi connectivity index (χ1v) is 8.72. The lowest BCUT2D eigenvalue weighted by atomic mass is 9.93. The van der Waals surface area contributed by atoms with Crippen molar-refractivity contribution in [2.75, 3.05) is 20.6 Å². The summed E-state index contributed by atoms with van der Waals surface area (Å²) in [6.07, 6.45) is 2.25. The number of hydrogen-bond donors (Lipinski definition) is 2. The molecule has 1 heterocycles. The zero-order valence-corrected chi connectivity index (χ0v) is 15.1. The van der Waals surface area contributed by atoms with E-state index in [9.17, 15) is 9.59 Å². The minimum Gasteiger partial charge on any atom is -0.354 e. The molecule has 1 aromatic heterocycles. The Morgan fingerprint density at radius 1 is 1.24 bits per heavy atom. The van der Waals surface area contributed by atoms with Gasteiger partial charge in [-0.3, -0.25) is 9.59 Å². The van der Waals surface area contributed by atoms with E-state index < -0.39 is 0 Å². The van der Waals surface area contributed by atoms with Crippen LogP contribution >= 0.6 is 0 Å². The van der Waals surface area contributed by atoms with Crippen molar-refractivity contribution in [3.05, 3.63) is 58.4 Å². The van der Waals surface area contributed by atoms with Crippen LogP contribution in [0.3, 0.4) is 0 Å². The largest absolute Gasteiger partial charge is 0.354 e. The van der Waals surface area contributed by atoms with Crippen molar-refractivity contribution in [3.63, 3.8) is 0 Å². The van der Waals surface area contributed by atoms with Crippen LogP contribution in [-0.2, 0) is 6.42 Å². The Morgan fingerprint density at radius 2 is 1.96 bits per heavy atom. The van der Waals surface area contributed by atoms with E-state index >= 15 is 0 Å². The highest BCUT2D eigenvalue weighted by molar-refractivity contribution is 6.04. The molecule has 1 aromatic carbocycles. The number of Topliss-reactive ketones (excluding diaryl/α,β-unsaturated/α-hetero) is 1. The fraction of sp³-hybridized carbons (Fsp3) is 0.400. The van der Waals surface area contributed by atoms with E-state index in [1.54, 1.807) is 0 Å². The minimum absolute atomic E-state index is 0.112. The number of carbonyl (C=O) groups is 2. The molecular formula is C20H25N3O2. The third-order valence-corrected chi connectivity index (χ3v) is 4.72. The number of ketones is 1. The van der Waals surface area contributed by atoms with Gasteiger partial charge in [0.25, 0.3) is 5.91 Å². The fourth-order valence-corrected chi connectivity index (χ4v) is 3.52. The van der Waals surface area contributed by atoms with Gasteiger partial charge < -0.3 is 15.2 Å². The SMILES string of the molecule is Cc1c(C(=O)N[C@@H](CN(C)C)c2ccccc2)[nH]c2c1C(=O)CCC2. The summed E-state index contributed by atoms with van der Waals surface area (Å²) in [6.45, 7) is 2.56. The number of likely N-dealkylation sites (N-methyl/N-ethyl adjacent to an activating group) is 1. The molecule has 1 atom stereocenters. The van der Waals surface area contributed by atoms with Crippen molar-refractivity contribution in [3.8, 4) is 0 Å². The van der Waals surface area contributed by atoms with E-state index in [4.69, 9.17) is 0 Å². The smallest absolute Gasteiger partial charge is 0.268 e. The van der Waals surface area contributed by atoms with Crippen molar-refractivity contribution in [2.24, 2.45) is 0 Å². The molecule has 2 N–H and O–H groups in total. The second kappa shape index (κ2) is 7.23. The summed E-state index contributed by atoms with van der Waals surface area (Å²) >= 11 is 0. The Kier molecular flexibility index (Phi) is 5.04. The Bertz CT molecular complexity index is 778. The van der Waals surface area contributed by atoms with Crippen LogP contribution in [-0.4, -0.2) is 42.2 Å². The summed E-state index contributed by atoms with van der Waals surface area (Å²) in [7, 11) is 3.97. The van der Waals surface area contributed by atoms with Gasteiger partial charge in [0.1, 0.15) is 5.69 Å². The van der Waals surface area contributed by atoms with Gasteiger partial charge in [-0.05, 0) is 45.0 Å². The summed E-state index contributed by atoms with van der Waals surface area (Å²) < 4.78 is 0.